The summed E-state index contributed by atoms with van der Waals surface area (Å²) >= 11 is 0. The van der Waals surface area contributed by atoms with E-state index < -0.39 is 0 Å². The molecule has 1 aromatic rings. The Balaban J connectivity index is 2.75. The van der Waals surface area contributed by atoms with Crippen molar-refractivity contribution in [2.75, 3.05) is 18.0 Å². The molecule has 0 heterocycles. The fraction of sp³-hybridized carbons (Fsp3) is 0.533. The van der Waals surface area contributed by atoms with Gasteiger partial charge in [0.25, 0.3) is 0 Å². The van der Waals surface area contributed by atoms with Gasteiger partial charge in [0, 0.05) is 12.6 Å². The van der Waals surface area contributed by atoms with Crippen molar-refractivity contribution >= 4 is 11.7 Å². The zero-order chi connectivity index (χ0) is 14.4. The average molecular weight is 263 g/mol. The number of nitrogens with zero attached hydrogens (tertiary/aromatic N) is 1. The van der Waals surface area contributed by atoms with Gasteiger partial charge < -0.3 is 11.1 Å². The topological polar surface area (TPSA) is 58.4 Å². The van der Waals surface area contributed by atoms with Gasteiger partial charge in [-0.05, 0) is 37.9 Å². The average Bonchev–Trinajstić information content (AvgIpc) is 2.30. The van der Waals surface area contributed by atoms with Crippen molar-refractivity contribution in [1.29, 1.82) is 0 Å². The summed E-state index contributed by atoms with van der Waals surface area (Å²) in [4.78, 5) is 13.3. The number of urea groups is 1. The van der Waals surface area contributed by atoms with Gasteiger partial charge in [-0.3, -0.25) is 4.90 Å². The van der Waals surface area contributed by atoms with Crippen LogP contribution in [-0.2, 0) is 0 Å². The molecule has 2 amide bonds. The molecule has 3 N–H and O–H groups in total. The molecule has 0 aliphatic heterocycles. The molecule has 0 spiro atoms. The SMILES string of the molecule is Cc1cccc(C)c1N(CCCNC(C)C)C(N)=O. The van der Waals surface area contributed by atoms with Gasteiger partial charge in [-0.1, -0.05) is 32.0 Å². The molecule has 0 saturated carbocycles. The summed E-state index contributed by atoms with van der Waals surface area (Å²) in [7, 11) is 0. The molecule has 0 saturated heterocycles. The monoisotopic (exact) mass is 263 g/mol. The number of benzene rings is 1. The molecule has 0 fully saturated rings. The van der Waals surface area contributed by atoms with Crippen LogP contribution in [0, 0.1) is 13.8 Å². The Morgan fingerprint density at radius 3 is 2.37 bits per heavy atom. The van der Waals surface area contributed by atoms with Crippen molar-refractivity contribution in [2.45, 2.75) is 40.2 Å². The minimum atomic E-state index is -0.387. The number of amides is 2. The molecule has 106 valence electrons. The van der Waals surface area contributed by atoms with E-state index in [4.69, 9.17) is 5.73 Å². The third kappa shape index (κ3) is 4.56. The number of carbonyl (C=O) groups excluding carboxylic acids is 1. The van der Waals surface area contributed by atoms with Gasteiger partial charge in [0.1, 0.15) is 0 Å². The molecular weight excluding hydrogens is 238 g/mol. The Hall–Kier alpha value is -1.55. The second-order valence-corrected chi connectivity index (χ2v) is 5.19. The predicted octanol–water partition coefficient (Wildman–Crippen LogP) is 2.58. The summed E-state index contributed by atoms with van der Waals surface area (Å²) in [6.45, 7) is 9.75. The van der Waals surface area contributed by atoms with Crippen LogP contribution in [0.5, 0.6) is 0 Å². The number of carbonyl (C=O) groups is 1. The number of anilines is 1. The van der Waals surface area contributed by atoms with Crippen LogP contribution in [0.25, 0.3) is 0 Å². The van der Waals surface area contributed by atoms with Crippen molar-refractivity contribution in [3.05, 3.63) is 29.3 Å². The van der Waals surface area contributed by atoms with Crippen LogP contribution >= 0.6 is 0 Å². The number of primary amides is 1. The van der Waals surface area contributed by atoms with E-state index in [1.165, 1.54) is 0 Å². The molecule has 4 heteroatoms. The summed E-state index contributed by atoms with van der Waals surface area (Å²) < 4.78 is 0. The van der Waals surface area contributed by atoms with Crippen LogP contribution in [0.4, 0.5) is 10.5 Å². The lowest BCUT2D eigenvalue weighted by atomic mass is 10.1. The van der Waals surface area contributed by atoms with Gasteiger partial charge in [0.2, 0.25) is 0 Å². The van der Waals surface area contributed by atoms with Gasteiger partial charge in [0.15, 0.2) is 0 Å². The first-order valence-corrected chi connectivity index (χ1v) is 6.80. The number of nitrogens with one attached hydrogen (secondary N) is 1. The van der Waals surface area contributed by atoms with Crippen molar-refractivity contribution in [2.24, 2.45) is 5.73 Å². The highest BCUT2D eigenvalue weighted by atomic mass is 16.2. The van der Waals surface area contributed by atoms with Crippen molar-refractivity contribution in [1.82, 2.24) is 5.32 Å². The molecule has 0 bridgehead atoms. The van der Waals surface area contributed by atoms with Crippen molar-refractivity contribution in [3.8, 4) is 0 Å². The van der Waals surface area contributed by atoms with Crippen LogP contribution in [0.1, 0.15) is 31.4 Å². The number of hydrogen-bond acceptors (Lipinski definition) is 2. The Kier molecular flexibility index (Phi) is 5.83. The first-order chi connectivity index (χ1) is 8.93. The fourth-order valence-electron chi connectivity index (χ4n) is 2.19. The predicted molar refractivity (Wildman–Crippen MR) is 80.6 cm³/mol. The van der Waals surface area contributed by atoms with E-state index in [1.54, 1.807) is 4.90 Å². The van der Waals surface area contributed by atoms with Crippen LogP contribution in [-0.4, -0.2) is 25.2 Å². The molecular formula is C15H25N3O. The van der Waals surface area contributed by atoms with Crippen LogP contribution in [0.15, 0.2) is 18.2 Å². The molecule has 19 heavy (non-hydrogen) atoms. The Morgan fingerprint density at radius 1 is 1.32 bits per heavy atom. The van der Waals surface area contributed by atoms with Gasteiger partial charge in [-0.15, -0.1) is 0 Å². The first-order valence-electron chi connectivity index (χ1n) is 6.80. The summed E-state index contributed by atoms with van der Waals surface area (Å²) in [5, 5.41) is 3.34. The maximum Gasteiger partial charge on any atom is 0.319 e. The Bertz CT molecular complexity index is 409. The summed E-state index contributed by atoms with van der Waals surface area (Å²) in [6.07, 6.45) is 0.884. The number of aryl methyl sites for hydroxylation is 2. The molecule has 1 aromatic carbocycles. The third-order valence-electron chi connectivity index (χ3n) is 3.09. The smallest absolute Gasteiger partial charge is 0.319 e. The van der Waals surface area contributed by atoms with Gasteiger partial charge in [0.05, 0.1) is 5.69 Å². The molecule has 0 unspecified atom stereocenters. The van der Waals surface area contributed by atoms with E-state index >= 15 is 0 Å². The molecule has 0 aromatic heterocycles. The number of rotatable bonds is 6. The van der Waals surface area contributed by atoms with E-state index in [-0.39, 0.29) is 6.03 Å². The zero-order valence-corrected chi connectivity index (χ0v) is 12.4. The number of hydrogen-bond donors (Lipinski definition) is 2. The standard InChI is InChI=1S/C15H25N3O/c1-11(2)17-9-6-10-18(15(16)19)14-12(3)7-5-8-13(14)4/h5,7-8,11,17H,6,9-10H2,1-4H3,(H2,16,19). The van der Waals surface area contributed by atoms with E-state index in [1.807, 2.05) is 32.0 Å². The second-order valence-electron chi connectivity index (χ2n) is 5.19. The minimum absolute atomic E-state index is 0.387. The lowest BCUT2D eigenvalue weighted by Crippen LogP contribution is -2.39. The highest BCUT2D eigenvalue weighted by molar-refractivity contribution is 5.92. The number of nitrogens with two attached hydrogens (primary N) is 1. The first kappa shape index (κ1) is 15.5. The minimum Gasteiger partial charge on any atom is -0.351 e. The number of para-hydroxylation sites is 1. The lowest BCUT2D eigenvalue weighted by Gasteiger charge is -2.24. The van der Waals surface area contributed by atoms with Crippen LogP contribution < -0.4 is 16.0 Å². The fourth-order valence-corrected chi connectivity index (χ4v) is 2.19. The third-order valence-corrected chi connectivity index (χ3v) is 3.09. The molecule has 4 nitrogen and oxygen atoms in total. The Morgan fingerprint density at radius 2 is 1.89 bits per heavy atom. The quantitative estimate of drug-likeness (QED) is 0.775. The molecule has 0 aliphatic rings. The van der Waals surface area contributed by atoms with E-state index in [0.717, 1.165) is 29.8 Å². The summed E-state index contributed by atoms with van der Waals surface area (Å²) in [5.41, 5.74) is 8.62. The van der Waals surface area contributed by atoms with E-state index in [9.17, 15) is 4.79 Å². The largest absolute Gasteiger partial charge is 0.351 e. The maximum atomic E-state index is 11.7. The van der Waals surface area contributed by atoms with Gasteiger partial charge in [-0.25, -0.2) is 4.79 Å². The van der Waals surface area contributed by atoms with Crippen molar-refractivity contribution < 1.29 is 4.79 Å². The van der Waals surface area contributed by atoms with E-state index in [2.05, 4.69) is 19.2 Å². The summed E-state index contributed by atoms with van der Waals surface area (Å²) in [5.74, 6) is 0. The highest BCUT2D eigenvalue weighted by Gasteiger charge is 2.16. The normalized spacial score (nSPS) is 10.8. The summed E-state index contributed by atoms with van der Waals surface area (Å²) in [6, 6.07) is 6.08. The Labute approximate surface area is 116 Å². The second kappa shape index (κ2) is 7.14. The molecule has 0 aliphatic carbocycles. The van der Waals surface area contributed by atoms with E-state index in [0.29, 0.717) is 12.6 Å². The van der Waals surface area contributed by atoms with Crippen molar-refractivity contribution in [3.63, 3.8) is 0 Å². The molecule has 0 radical (unpaired) electrons. The maximum absolute atomic E-state index is 11.7. The van der Waals surface area contributed by atoms with Gasteiger partial charge in [-0.2, -0.15) is 0 Å². The zero-order valence-electron chi connectivity index (χ0n) is 12.4. The lowest BCUT2D eigenvalue weighted by molar-refractivity contribution is 0.253. The molecule has 1 rings (SSSR count). The van der Waals surface area contributed by atoms with Crippen LogP contribution in [0.2, 0.25) is 0 Å². The van der Waals surface area contributed by atoms with Gasteiger partial charge >= 0.3 is 6.03 Å². The molecule has 0 atom stereocenters. The highest BCUT2D eigenvalue weighted by Crippen LogP contribution is 2.24. The van der Waals surface area contributed by atoms with Crippen LogP contribution in [0.3, 0.4) is 0 Å².